The monoisotopic (exact) mass is 547 g/mol. The van der Waals surface area contributed by atoms with Gasteiger partial charge in [-0.3, -0.25) is 9.59 Å². The lowest BCUT2D eigenvalue weighted by molar-refractivity contribution is -0.144. The molecule has 0 bridgehead atoms. The molecular formula is C31H53N3O5. The van der Waals surface area contributed by atoms with Crippen molar-refractivity contribution in [2.45, 2.75) is 131 Å². The van der Waals surface area contributed by atoms with E-state index in [1.54, 1.807) is 50.8 Å². The minimum atomic E-state index is -0.937. The van der Waals surface area contributed by atoms with Crippen LogP contribution < -0.4 is 10.6 Å². The van der Waals surface area contributed by atoms with Crippen molar-refractivity contribution in [1.29, 1.82) is 0 Å². The number of amides is 3. The van der Waals surface area contributed by atoms with E-state index in [0.717, 1.165) is 32.1 Å². The van der Waals surface area contributed by atoms with E-state index in [9.17, 15) is 19.5 Å². The van der Waals surface area contributed by atoms with Crippen molar-refractivity contribution in [2.75, 3.05) is 6.54 Å². The molecule has 8 nitrogen and oxygen atoms in total. The van der Waals surface area contributed by atoms with Crippen LogP contribution in [0.4, 0.5) is 4.79 Å². The van der Waals surface area contributed by atoms with Gasteiger partial charge in [0.25, 0.3) is 0 Å². The van der Waals surface area contributed by atoms with Crippen LogP contribution in [0.3, 0.4) is 0 Å². The smallest absolute Gasteiger partial charge is 0.408 e. The zero-order chi connectivity index (χ0) is 30.0. The largest absolute Gasteiger partial charge is 0.508 e. The van der Waals surface area contributed by atoms with E-state index >= 15 is 0 Å². The van der Waals surface area contributed by atoms with Crippen LogP contribution in [-0.2, 0) is 14.3 Å². The van der Waals surface area contributed by atoms with E-state index in [1.165, 1.54) is 6.42 Å². The average Bonchev–Trinajstić information content (AvgIpc) is 2.78. The van der Waals surface area contributed by atoms with Crippen LogP contribution in [0, 0.1) is 12.8 Å². The van der Waals surface area contributed by atoms with Crippen LogP contribution in [0.1, 0.15) is 118 Å². The summed E-state index contributed by atoms with van der Waals surface area (Å²) >= 11 is 0. The maximum atomic E-state index is 14.2. The van der Waals surface area contributed by atoms with Gasteiger partial charge >= 0.3 is 6.09 Å². The van der Waals surface area contributed by atoms with Crippen molar-refractivity contribution < 1.29 is 24.2 Å². The topological polar surface area (TPSA) is 108 Å². The average molecular weight is 548 g/mol. The van der Waals surface area contributed by atoms with E-state index in [1.807, 2.05) is 34.6 Å². The molecule has 0 fully saturated rings. The number of rotatable bonds is 13. The highest BCUT2D eigenvalue weighted by Crippen LogP contribution is 2.29. The summed E-state index contributed by atoms with van der Waals surface area (Å²) in [5.74, 6) is -0.782. The Labute approximate surface area is 236 Å². The second-order valence-electron chi connectivity index (χ2n) is 12.9. The second-order valence-corrected chi connectivity index (χ2v) is 12.9. The molecule has 0 saturated carbocycles. The Bertz CT molecular complexity index is 947. The Balaban J connectivity index is 3.50. The van der Waals surface area contributed by atoms with E-state index in [2.05, 4.69) is 17.6 Å². The van der Waals surface area contributed by atoms with Gasteiger partial charge in [-0.2, -0.15) is 0 Å². The third-order valence-electron chi connectivity index (χ3n) is 6.24. The van der Waals surface area contributed by atoms with Gasteiger partial charge < -0.3 is 25.4 Å². The number of carbonyl (C=O) groups is 3. The Hall–Kier alpha value is -2.77. The van der Waals surface area contributed by atoms with E-state index in [-0.39, 0.29) is 23.5 Å². The fourth-order valence-corrected chi connectivity index (χ4v) is 4.32. The standard InChI is InChI=1S/C31H53N3O5/c1-11-12-13-14-15-16-19-34(28(37)25(21(2)3)32-29(38)39-31(8,9)10)26(27(36)33-30(5,6)7)23-17-18-24(35)22(4)20-23/h17-18,20-21,25-26,35H,11-16,19H2,1-10H3,(H,32,38)(H,33,36). The number of aryl methyl sites for hydroxylation is 1. The molecular weight excluding hydrogens is 494 g/mol. The van der Waals surface area contributed by atoms with Gasteiger partial charge in [0.2, 0.25) is 11.8 Å². The first kappa shape index (κ1) is 34.3. The van der Waals surface area contributed by atoms with E-state index < -0.39 is 29.3 Å². The highest BCUT2D eigenvalue weighted by atomic mass is 16.6. The number of nitrogens with one attached hydrogen (secondary N) is 2. The molecule has 2 atom stereocenters. The van der Waals surface area contributed by atoms with Gasteiger partial charge in [0.15, 0.2) is 0 Å². The zero-order valence-electron chi connectivity index (χ0n) is 25.9. The number of nitrogens with zero attached hydrogens (tertiary/aromatic N) is 1. The Morgan fingerprint density at radius 3 is 2.08 bits per heavy atom. The highest BCUT2D eigenvalue weighted by molar-refractivity contribution is 5.92. The molecule has 1 aromatic carbocycles. The van der Waals surface area contributed by atoms with Crippen molar-refractivity contribution >= 4 is 17.9 Å². The molecule has 0 aliphatic carbocycles. The number of carbonyl (C=O) groups excluding carboxylic acids is 3. The minimum Gasteiger partial charge on any atom is -0.508 e. The first-order chi connectivity index (χ1) is 18.0. The molecule has 0 spiro atoms. The lowest BCUT2D eigenvalue weighted by Gasteiger charge is -2.37. The lowest BCUT2D eigenvalue weighted by atomic mass is 9.96. The molecule has 0 aliphatic rings. The molecule has 0 radical (unpaired) electrons. The van der Waals surface area contributed by atoms with Gasteiger partial charge in [-0.25, -0.2) is 4.79 Å². The van der Waals surface area contributed by atoms with Crippen molar-refractivity contribution in [3.05, 3.63) is 29.3 Å². The van der Waals surface area contributed by atoms with Gasteiger partial charge in [-0.05, 0) is 84.1 Å². The number of benzene rings is 1. The van der Waals surface area contributed by atoms with Crippen LogP contribution in [0.25, 0.3) is 0 Å². The number of unbranched alkanes of at least 4 members (excludes halogenated alkanes) is 5. The van der Waals surface area contributed by atoms with Gasteiger partial charge in [0.1, 0.15) is 23.4 Å². The Kier molecular flexibility index (Phi) is 13.3. The molecule has 0 aliphatic heterocycles. The maximum Gasteiger partial charge on any atom is 0.408 e. The van der Waals surface area contributed by atoms with Crippen LogP contribution in [-0.4, -0.2) is 51.6 Å². The van der Waals surface area contributed by atoms with Gasteiger partial charge in [-0.1, -0.05) is 58.9 Å². The van der Waals surface area contributed by atoms with Crippen LogP contribution >= 0.6 is 0 Å². The normalized spacial score (nSPS) is 13.5. The molecule has 2 unspecified atom stereocenters. The lowest BCUT2D eigenvalue weighted by Crippen LogP contribution is -2.56. The number of hydrogen-bond donors (Lipinski definition) is 3. The van der Waals surface area contributed by atoms with Gasteiger partial charge in [0.05, 0.1) is 0 Å². The summed E-state index contributed by atoms with van der Waals surface area (Å²) in [5.41, 5.74) is -0.0278. The van der Waals surface area contributed by atoms with Crippen LogP contribution in [0.2, 0.25) is 0 Å². The SMILES string of the molecule is CCCCCCCCN(C(=O)C(NC(=O)OC(C)(C)C)C(C)C)C(C(=O)NC(C)(C)C)c1ccc(O)c(C)c1. The summed E-state index contributed by atoms with van der Waals surface area (Å²) < 4.78 is 5.44. The third-order valence-corrected chi connectivity index (χ3v) is 6.24. The molecule has 3 N–H and O–H groups in total. The number of phenols is 1. The van der Waals surface area contributed by atoms with Gasteiger partial charge in [-0.15, -0.1) is 0 Å². The van der Waals surface area contributed by atoms with Gasteiger partial charge in [0, 0.05) is 12.1 Å². The summed E-state index contributed by atoms with van der Waals surface area (Å²) in [7, 11) is 0. The minimum absolute atomic E-state index is 0.120. The quantitative estimate of drug-likeness (QED) is 0.248. The predicted octanol–water partition coefficient (Wildman–Crippen LogP) is 6.39. The van der Waals surface area contributed by atoms with E-state index in [0.29, 0.717) is 17.7 Å². The second kappa shape index (κ2) is 15.1. The molecule has 222 valence electrons. The molecule has 0 heterocycles. The van der Waals surface area contributed by atoms with Crippen LogP contribution in [0.15, 0.2) is 18.2 Å². The maximum absolute atomic E-state index is 14.2. The fraction of sp³-hybridized carbons (Fsp3) is 0.710. The highest BCUT2D eigenvalue weighted by Gasteiger charge is 2.38. The Morgan fingerprint density at radius 1 is 0.974 bits per heavy atom. The summed E-state index contributed by atoms with van der Waals surface area (Å²) in [6.45, 7) is 19.0. The number of phenolic OH excluding ortho intramolecular Hbond substituents is 1. The molecule has 1 aromatic rings. The predicted molar refractivity (Wildman–Crippen MR) is 157 cm³/mol. The van der Waals surface area contributed by atoms with Crippen molar-refractivity contribution in [3.63, 3.8) is 0 Å². The summed E-state index contributed by atoms with van der Waals surface area (Å²) in [5, 5.41) is 16.0. The number of alkyl carbamates (subject to hydrolysis) is 1. The first-order valence-corrected chi connectivity index (χ1v) is 14.4. The van der Waals surface area contributed by atoms with E-state index in [4.69, 9.17) is 4.74 Å². The Morgan fingerprint density at radius 2 is 1.56 bits per heavy atom. The fourth-order valence-electron chi connectivity index (χ4n) is 4.32. The molecule has 1 rings (SSSR count). The number of hydrogen-bond acceptors (Lipinski definition) is 5. The molecule has 39 heavy (non-hydrogen) atoms. The molecule has 8 heteroatoms. The molecule has 0 saturated heterocycles. The number of aromatic hydroxyl groups is 1. The third kappa shape index (κ3) is 12.3. The van der Waals surface area contributed by atoms with Crippen molar-refractivity contribution in [3.8, 4) is 5.75 Å². The molecule has 0 aromatic heterocycles. The van der Waals surface area contributed by atoms with Crippen molar-refractivity contribution in [2.24, 2.45) is 5.92 Å². The van der Waals surface area contributed by atoms with Crippen LogP contribution in [0.5, 0.6) is 5.75 Å². The number of ether oxygens (including phenoxy) is 1. The zero-order valence-corrected chi connectivity index (χ0v) is 25.9. The molecule has 3 amide bonds. The summed E-state index contributed by atoms with van der Waals surface area (Å²) in [6, 6.07) is 3.16. The summed E-state index contributed by atoms with van der Waals surface area (Å²) in [4.78, 5) is 42.3. The van der Waals surface area contributed by atoms with Crippen molar-refractivity contribution in [1.82, 2.24) is 15.5 Å². The first-order valence-electron chi connectivity index (χ1n) is 14.4. The summed E-state index contributed by atoms with van der Waals surface area (Å²) in [6.07, 6.45) is 5.47.